The number of hydrogen-bond donors (Lipinski definition) is 1. The number of para-hydroxylation sites is 2. The molecule has 1 N–H and O–H groups in total. The van der Waals surface area contributed by atoms with Crippen LogP contribution in [0.2, 0.25) is 0 Å². The summed E-state index contributed by atoms with van der Waals surface area (Å²) in [7, 11) is 0. The Kier molecular flexibility index (Phi) is 3.55. The number of fused-ring (bicyclic) bond motifs is 1. The number of benzene rings is 2. The monoisotopic (exact) mass is 320 g/mol. The van der Waals surface area contributed by atoms with Gasteiger partial charge in [-0.3, -0.25) is 0 Å². The van der Waals surface area contributed by atoms with Gasteiger partial charge in [0.2, 0.25) is 0 Å². The first-order chi connectivity index (χ1) is 10.9. The smallest absolute Gasteiger partial charge is 0.388 e. The Morgan fingerprint density at radius 3 is 2.52 bits per heavy atom. The number of alkyl halides is 3. The zero-order chi connectivity index (χ0) is 16.6. The average Bonchev–Trinajstić information content (AvgIpc) is 2.48. The summed E-state index contributed by atoms with van der Waals surface area (Å²) in [5.41, 5.74) is -0.867. The first-order valence-corrected chi connectivity index (χ1v) is 6.70. The van der Waals surface area contributed by atoms with Crippen LogP contribution >= 0.6 is 0 Å². The van der Waals surface area contributed by atoms with Gasteiger partial charge in [0.25, 0.3) is 0 Å². The van der Waals surface area contributed by atoms with E-state index in [2.05, 4.69) is 10.3 Å². The molecule has 1 heterocycles. The third-order valence-electron chi connectivity index (χ3n) is 3.35. The second-order valence-corrected chi connectivity index (χ2v) is 4.95. The van der Waals surface area contributed by atoms with Crippen molar-refractivity contribution >= 4 is 22.6 Å². The Morgan fingerprint density at radius 1 is 1.09 bits per heavy atom. The van der Waals surface area contributed by atoms with Gasteiger partial charge in [-0.15, -0.1) is 0 Å². The van der Waals surface area contributed by atoms with Crippen molar-refractivity contribution in [2.45, 2.75) is 13.1 Å². The maximum Gasteiger partial charge on any atom is 0.418 e. The minimum absolute atomic E-state index is 0.213. The lowest BCUT2D eigenvalue weighted by atomic mass is 10.1. The summed E-state index contributed by atoms with van der Waals surface area (Å²) in [5, 5.41) is 2.53. The van der Waals surface area contributed by atoms with Crippen molar-refractivity contribution in [3.8, 4) is 0 Å². The highest BCUT2D eigenvalue weighted by atomic mass is 19.4. The van der Waals surface area contributed by atoms with Crippen molar-refractivity contribution in [3.63, 3.8) is 0 Å². The molecule has 7 heteroatoms. The van der Waals surface area contributed by atoms with E-state index in [0.29, 0.717) is 5.69 Å². The third-order valence-corrected chi connectivity index (χ3v) is 3.35. The zero-order valence-corrected chi connectivity index (χ0v) is 11.9. The predicted molar refractivity (Wildman–Crippen MR) is 79.7 cm³/mol. The van der Waals surface area contributed by atoms with Gasteiger partial charge in [0.1, 0.15) is 0 Å². The van der Waals surface area contributed by atoms with E-state index in [1.54, 1.807) is 12.1 Å². The summed E-state index contributed by atoms with van der Waals surface area (Å²) in [6.45, 7) is 1.81. The van der Waals surface area contributed by atoms with Crippen molar-refractivity contribution in [1.82, 2.24) is 4.98 Å². The molecule has 118 valence electrons. The summed E-state index contributed by atoms with van der Waals surface area (Å²) >= 11 is 0. The molecular formula is C16H11F3N2O2. The molecule has 1 aromatic heterocycles. The normalized spacial score (nSPS) is 11.7. The molecule has 0 saturated carbocycles. The number of hydrogen-bond acceptors (Lipinski definition) is 4. The van der Waals surface area contributed by atoms with Crippen molar-refractivity contribution in [3.05, 3.63) is 64.0 Å². The lowest BCUT2D eigenvalue weighted by Gasteiger charge is -2.11. The molecule has 0 saturated heterocycles. The maximum atomic E-state index is 13.1. The van der Waals surface area contributed by atoms with E-state index in [1.165, 1.54) is 6.07 Å². The van der Waals surface area contributed by atoms with Crippen LogP contribution in [0.4, 0.5) is 24.9 Å². The summed E-state index contributed by atoms with van der Waals surface area (Å²) in [4.78, 5) is 15.8. The molecule has 0 aliphatic rings. The van der Waals surface area contributed by atoms with Crippen molar-refractivity contribution in [2.75, 3.05) is 5.32 Å². The molecule has 3 rings (SSSR count). The molecule has 0 amide bonds. The summed E-state index contributed by atoms with van der Waals surface area (Å²) in [5.74, 6) is 0. The fraction of sp³-hybridized carbons (Fsp3) is 0.125. The van der Waals surface area contributed by atoms with Crippen LogP contribution < -0.4 is 10.9 Å². The van der Waals surface area contributed by atoms with Crippen LogP contribution in [0.5, 0.6) is 0 Å². The first kappa shape index (κ1) is 15.1. The molecule has 0 spiro atoms. The van der Waals surface area contributed by atoms with E-state index in [-0.39, 0.29) is 11.4 Å². The van der Waals surface area contributed by atoms with Crippen LogP contribution in [-0.4, -0.2) is 4.98 Å². The highest BCUT2D eigenvalue weighted by Gasteiger charge is 2.33. The van der Waals surface area contributed by atoms with Gasteiger partial charge < -0.3 is 9.73 Å². The Bertz CT molecular complexity index is 932. The second-order valence-electron chi connectivity index (χ2n) is 4.95. The highest BCUT2D eigenvalue weighted by molar-refractivity contribution is 5.82. The molecule has 23 heavy (non-hydrogen) atoms. The molecule has 0 unspecified atom stereocenters. The number of halogens is 3. The minimum atomic E-state index is -4.61. The zero-order valence-electron chi connectivity index (χ0n) is 11.9. The van der Waals surface area contributed by atoms with E-state index >= 15 is 0 Å². The number of nitrogens with one attached hydrogen (secondary N) is 1. The lowest BCUT2D eigenvalue weighted by molar-refractivity contribution is -0.136. The van der Waals surface area contributed by atoms with Gasteiger partial charge in [-0.25, -0.2) is 4.79 Å². The standard InChI is InChI=1S/C16H11F3N2O2/c1-9-5-2-3-8-12(9)20-15-21-13-10(14(22)23-15)6-4-7-11(13)16(17,18)19/h2-8H,1H3,(H,20,21). The average molecular weight is 320 g/mol. The van der Waals surface area contributed by atoms with Crippen LogP contribution in [-0.2, 0) is 6.18 Å². The van der Waals surface area contributed by atoms with Crippen LogP contribution in [0.15, 0.2) is 51.7 Å². The van der Waals surface area contributed by atoms with Crippen molar-refractivity contribution in [2.24, 2.45) is 0 Å². The van der Waals surface area contributed by atoms with E-state index < -0.39 is 22.9 Å². The molecular weight excluding hydrogens is 309 g/mol. The molecule has 0 radical (unpaired) electrons. The lowest BCUT2D eigenvalue weighted by Crippen LogP contribution is -2.11. The fourth-order valence-corrected chi connectivity index (χ4v) is 2.21. The van der Waals surface area contributed by atoms with Crippen molar-refractivity contribution in [1.29, 1.82) is 0 Å². The number of anilines is 2. The SMILES string of the molecule is Cc1ccccc1Nc1nc2c(C(F)(F)F)cccc2c(=O)o1. The fourth-order valence-electron chi connectivity index (χ4n) is 2.21. The van der Waals surface area contributed by atoms with Gasteiger partial charge >= 0.3 is 17.8 Å². The van der Waals surface area contributed by atoms with Gasteiger partial charge in [0.05, 0.1) is 16.5 Å². The van der Waals surface area contributed by atoms with Gasteiger partial charge in [0.15, 0.2) is 0 Å². The number of aromatic nitrogens is 1. The predicted octanol–water partition coefficient (Wildman–Crippen LogP) is 4.26. The van der Waals surface area contributed by atoms with Crippen LogP contribution in [0, 0.1) is 6.92 Å². The maximum absolute atomic E-state index is 13.1. The largest absolute Gasteiger partial charge is 0.418 e. The molecule has 0 bridgehead atoms. The van der Waals surface area contributed by atoms with Crippen molar-refractivity contribution < 1.29 is 17.6 Å². The molecule has 4 nitrogen and oxygen atoms in total. The van der Waals surface area contributed by atoms with Crippen LogP contribution in [0.1, 0.15) is 11.1 Å². The summed E-state index contributed by atoms with van der Waals surface area (Å²) in [6, 6.07) is 10.1. The molecule has 0 atom stereocenters. The molecule has 2 aromatic carbocycles. The molecule has 0 aliphatic carbocycles. The second kappa shape index (κ2) is 5.42. The van der Waals surface area contributed by atoms with E-state index in [9.17, 15) is 18.0 Å². The minimum Gasteiger partial charge on any atom is -0.388 e. The Labute approximate surface area is 128 Å². The molecule has 0 aliphatic heterocycles. The van der Waals surface area contributed by atoms with Crippen LogP contribution in [0.25, 0.3) is 10.9 Å². The van der Waals surface area contributed by atoms with Gasteiger partial charge in [-0.2, -0.15) is 18.2 Å². The number of rotatable bonds is 2. The van der Waals surface area contributed by atoms with E-state index in [0.717, 1.165) is 17.7 Å². The quantitative estimate of drug-likeness (QED) is 0.766. The first-order valence-electron chi connectivity index (χ1n) is 6.70. The topological polar surface area (TPSA) is 55.1 Å². The van der Waals surface area contributed by atoms with Gasteiger partial charge in [0, 0.05) is 5.69 Å². The van der Waals surface area contributed by atoms with E-state index in [4.69, 9.17) is 4.42 Å². The Balaban J connectivity index is 2.17. The summed E-state index contributed by atoms with van der Waals surface area (Å²) < 4.78 is 44.2. The number of nitrogens with zero attached hydrogens (tertiary/aromatic N) is 1. The molecule has 0 fully saturated rings. The molecule has 3 aromatic rings. The van der Waals surface area contributed by atoms with E-state index in [1.807, 2.05) is 19.1 Å². The third kappa shape index (κ3) is 2.90. The highest BCUT2D eigenvalue weighted by Crippen LogP contribution is 2.33. The number of aryl methyl sites for hydroxylation is 1. The Morgan fingerprint density at radius 2 is 1.83 bits per heavy atom. The van der Waals surface area contributed by atoms with Crippen LogP contribution in [0.3, 0.4) is 0 Å². The van der Waals surface area contributed by atoms with Gasteiger partial charge in [-0.1, -0.05) is 24.3 Å². The van der Waals surface area contributed by atoms with Gasteiger partial charge in [-0.05, 0) is 30.7 Å². The Hall–Kier alpha value is -2.83. The summed E-state index contributed by atoms with van der Waals surface area (Å²) in [6.07, 6.45) is -4.61.